The normalized spacial score (nSPS) is 12.2. The van der Waals surface area contributed by atoms with Crippen molar-refractivity contribution in [2.45, 2.75) is 46.0 Å². The Bertz CT molecular complexity index is 1460. The van der Waals surface area contributed by atoms with Crippen LogP contribution in [0.2, 0.25) is 30.7 Å². The molecule has 9 nitrogen and oxygen atoms in total. The Morgan fingerprint density at radius 2 is 1.95 bits per heavy atom. The second-order valence-electron chi connectivity index (χ2n) is 10.0. The van der Waals surface area contributed by atoms with Gasteiger partial charge in [-0.2, -0.15) is 0 Å². The van der Waals surface area contributed by atoms with Gasteiger partial charge in [-0.15, -0.1) is 0 Å². The summed E-state index contributed by atoms with van der Waals surface area (Å²) in [5.41, 5.74) is 1.06. The molecule has 3 aromatic rings. The van der Waals surface area contributed by atoms with Crippen LogP contribution in [0.1, 0.15) is 18.9 Å². The van der Waals surface area contributed by atoms with Crippen molar-refractivity contribution in [3.8, 4) is 0 Å². The van der Waals surface area contributed by atoms with Gasteiger partial charge in [-0.1, -0.05) is 38.2 Å². The summed E-state index contributed by atoms with van der Waals surface area (Å²) in [6.45, 7) is 10.1. The van der Waals surface area contributed by atoms with E-state index >= 15 is 0 Å². The molecule has 2 aromatic heterocycles. The van der Waals surface area contributed by atoms with Crippen molar-refractivity contribution in [3.05, 3.63) is 51.4 Å². The van der Waals surface area contributed by atoms with Crippen LogP contribution in [0.3, 0.4) is 0 Å². The van der Waals surface area contributed by atoms with E-state index < -0.39 is 23.9 Å². The second-order valence-corrected chi connectivity index (χ2v) is 18.1. The van der Waals surface area contributed by atoms with Crippen LogP contribution >= 0.6 is 11.6 Å². The Morgan fingerprint density at radius 1 is 1.24 bits per heavy atom. The van der Waals surface area contributed by atoms with E-state index in [4.69, 9.17) is 16.3 Å². The molecule has 0 atom stereocenters. The van der Waals surface area contributed by atoms with Gasteiger partial charge in [0.2, 0.25) is 10.0 Å². The molecule has 3 rings (SSSR count). The first-order valence-electron chi connectivity index (χ1n) is 11.9. The van der Waals surface area contributed by atoms with Crippen LogP contribution in [0.15, 0.2) is 29.5 Å². The fourth-order valence-electron chi connectivity index (χ4n) is 3.63. The van der Waals surface area contributed by atoms with E-state index in [9.17, 15) is 17.6 Å². The first-order chi connectivity index (χ1) is 17.3. The lowest BCUT2D eigenvalue weighted by atomic mass is 10.1. The number of aryl methyl sites for hydroxylation is 2. The van der Waals surface area contributed by atoms with Crippen LogP contribution in [0.4, 0.5) is 21.6 Å². The van der Waals surface area contributed by atoms with Gasteiger partial charge in [0.05, 0.1) is 34.9 Å². The Kier molecular flexibility index (Phi) is 8.99. The first-order valence-corrected chi connectivity index (χ1v) is 17.6. The summed E-state index contributed by atoms with van der Waals surface area (Å²) >= 11 is 6.58. The van der Waals surface area contributed by atoms with Crippen LogP contribution in [0, 0.1) is 12.7 Å². The summed E-state index contributed by atoms with van der Waals surface area (Å²) in [5, 5.41) is 3.10. The van der Waals surface area contributed by atoms with E-state index in [1.165, 1.54) is 10.9 Å². The van der Waals surface area contributed by atoms with Gasteiger partial charge in [0.25, 0.3) is 5.56 Å². The van der Waals surface area contributed by atoms with Crippen molar-refractivity contribution in [2.75, 3.05) is 28.7 Å². The molecule has 2 heterocycles. The monoisotopic (exact) mass is 569 g/mol. The van der Waals surface area contributed by atoms with Crippen LogP contribution in [-0.2, 0) is 21.8 Å². The minimum Gasteiger partial charge on any atom is -0.360 e. The molecular weight excluding hydrogens is 537 g/mol. The van der Waals surface area contributed by atoms with E-state index in [2.05, 4.69) is 34.9 Å². The number of ether oxygens (including phenoxy) is 1. The highest BCUT2D eigenvalue weighted by Crippen LogP contribution is 2.37. The summed E-state index contributed by atoms with van der Waals surface area (Å²) in [5.74, 6) is -1.06. The predicted molar refractivity (Wildman–Crippen MR) is 150 cm³/mol. The van der Waals surface area contributed by atoms with Gasteiger partial charge in [0, 0.05) is 27.4 Å². The molecule has 1 N–H and O–H groups in total. The van der Waals surface area contributed by atoms with Crippen LogP contribution in [0.5, 0.6) is 0 Å². The number of anilines is 3. The zero-order valence-corrected chi connectivity index (χ0v) is 24.5. The molecule has 0 spiro atoms. The molecule has 0 aliphatic heterocycles. The quantitative estimate of drug-likeness (QED) is 0.196. The summed E-state index contributed by atoms with van der Waals surface area (Å²) < 4.78 is 49.2. The Morgan fingerprint density at radius 3 is 2.59 bits per heavy atom. The fourth-order valence-corrected chi connectivity index (χ4v) is 6.10. The number of rotatable bonds is 11. The SMILES string of the molecule is CCCS(=O)(=O)N(COCC[Si](C)(C)C)c1ncc(F)c(Nc2ccc3ncn(C)c(=O)c3c2C)c1Cl. The van der Waals surface area contributed by atoms with E-state index in [1.54, 1.807) is 33.0 Å². The van der Waals surface area contributed by atoms with E-state index in [1.807, 2.05) is 0 Å². The first kappa shape index (κ1) is 29.0. The van der Waals surface area contributed by atoms with Gasteiger partial charge < -0.3 is 14.6 Å². The van der Waals surface area contributed by atoms with Gasteiger partial charge >= 0.3 is 0 Å². The number of hydrogen-bond acceptors (Lipinski definition) is 7. The molecule has 0 aliphatic carbocycles. The van der Waals surface area contributed by atoms with Crippen molar-refractivity contribution >= 4 is 57.8 Å². The number of pyridine rings is 1. The van der Waals surface area contributed by atoms with Crippen molar-refractivity contribution in [1.82, 2.24) is 14.5 Å². The maximum atomic E-state index is 15.0. The minimum atomic E-state index is -3.84. The third-order valence-electron chi connectivity index (χ3n) is 5.80. The highest BCUT2D eigenvalue weighted by Gasteiger charge is 2.28. The third-order valence-corrected chi connectivity index (χ3v) is 9.74. The largest absolute Gasteiger partial charge is 0.360 e. The molecule has 0 unspecified atom stereocenters. The zero-order chi connectivity index (χ0) is 27.5. The van der Waals surface area contributed by atoms with Crippen molar-refractivity contribution in [2.24, 2.45) is 7.05 Å². The number of benzene rings is 1. The molecule has 37 heavy (non-hydrogen) atoms. The van der Waals surface area contributed by atoms with Crippen LogP contribution in [-0.4, -0.2) is 50.1 Å². The standard InChI is InChI=1S/C24H33ClFN5O4SSi/c1-7-11-36(33,34)31(15-35-10-12-37(4,5)6)23-21(25)22(17(26)13-27-23)29-18-8-9-19-20(16(18)2)24(32)30(3)14-28-19/h8-9,13-14H,7,10-12,15H2,1-6H3,(H,27,29). The molecule has 202 valence electrons. The lowest BCUT2D eigenvalue weighted by Gasteiger charge is -2.26. The molecule has 13 heteroatoms. The van der Waals surface area contributed by atoms with Gasteiger partial charge in [0.15, 0.2) is 11.6 Å². The van der Waals surface area contributed by atoms with Crippen molar-refractivity contribution < 1.29 is 17.5 Å². The number of nitrogens with zero attached hydrogens (tertiary/aromatic N) is 4. The maximum absolute atomic E-state index is 15.0. The summed E-state index contributed by atoms with van der Waals surface area (Å²) in [6.07, 6.45) is 2.72. The van der Waals surface area contributed by atoms with E-state index in [-0.39, 0.29) is 34.6 Å². The van der Waals surface area contributed by atoms with Gasteiger partial charge in [-0.25, -0.2) is 27.1 Å². The number of sulfonamides is 1. The summed E-state index contributed by atoms with van der Waals surface area (Å²) in [6, 6.07) is 4.15. The molecule has 1 aromatic carbocycles. The molecular formula is C24H33ClFN5O4SSi. The lowest BCUT2D eigenvalue weighted by molar-refractivity contribution is 0.156. The van der Waals surface area contributed by atoms with E-state index in [0.717, 1.165) is 16.5 Å². The molecule has 0 saturated heterocycles. The number of nitrogens with one attached hydrogen (secondary N) is 1. The zero-order valence-electron chi connectivity index (χ0n) is 21.9. The molecule has 0 saturated carbocycles. The highest BCUT2D eigenvalue weighted by atomic mass is 35.5. The van der Waals surface area contributed by atoms with Gasteiger partial charge in [-0.3, -0.25) is 4.79 Å². The molecule has 0 amide bonds. The molecule has 0 radical (unpaired) electrons. The highest BCUT2D eigenvalue weighted by molar-refractivity contribution is 7.92. The Labute approximate surface area is 222 Å². The fraction of sp³-hybridized carbons (Fsp3) is 0.458. The number of aromatic nitrogens is 3. The smallest absolute Gasteiger partial charge is 0.261 e. The maximum Gasteiger partial charge on any atom is 0.261 e. The lowest BCUT2D eigenvalue weighted by Crippen LogP contribution is -2.36. The molecule has 0 fully saturated rings. The average Bonchev–Trinajstić information content (AvgIpc) is 2.80. The Balaban J connectivity index is 2.03. The average molecular weight is 570 g/mol. The Hall–Kier alpha value is -2.54. The minimum absolute atomic E-state index is 0.136. The van der Waals surface area contributed by atoms with Gasteiger partial charge in [-0.05, 0) is 37.1 Å². The third kappa shape index (κ3) is 6.67. The number of hydrogen-bond donors (Lipinski definition) is 1. The van der Waals surface area contributed by atoms with Crippen LogP contribution in [0.25, 0.3) is 10.9 Å². The molecule has 0 aliphatic rings. The van der Waals surface area contributed by atoms with Gasteiger partial charge in [0.1, 0.15) is 11.8 Å². The second kappa shape index (κ2) is 11.5. The summed E-state index contributed by atoms with van der Waals surface area (Å²) in [7, 11) is -3.64. The van der Waals surface area contributed by atoms with E-state index in [0.29, 0.717) is 35.2 Å². The van der Waals surface area contributed by atoms with Crippen LogP contribution < -0.4 is 15.2 Å². The van der Waals surface area contributed by atoms with Crippen molar-refractivity contribution in [1.29, 1.82) is 0 Å². The number of fused-ring (bicyclic) bond motifs is 1. The molecule has 0 bridgehead atoms. The van der Waals surface area contributed by atoms with Crippen molar-refractivity contribution in [3.63, 3.8) is 0 Å². The topological polar surface area (TPSA) is 106 Å². The predicted octanol–water partition coefficient (Wildman–Crippen LogP) is 5.03. The summed E-state index contributed by atoms with van der Waals surface area (Å²) in [4.78, 5) is 21.0. The number of halogens is 2.